The van der Waals surface area contributed by atoms with Crippen molar-refractivity contribution >= 4 is 27.5 Å². The molecule has 0 unspecified atom stereocenters. The summed E-state index contributed by atoms with van der Waals surface area (Å²) in [4.78, 5) is 16.6. The molecule has 0 spiro atoms. The first-order chi connectivity index (χ1) is 11.5. The lowest BCUT2D eigenvalue weighted by Gasteiger charge is -2.01. The molecule has 0 bridgehead atoms. The van der Waals surface area contributed by atoms with Gasteiger partial charge in [0.1, 0.15) is 5.82 Å². The average Bonchev–Trinajstić information content (AvgIpc) is 2.85. The van der Waals surface area contributed by atoms with Crippen molar-refractivity contribution in [2.45, 2.75) is 13.5 Å². The molecule has 1 amide bonds. The standard InChI is InChI=1S/C18H12F2N2OS/c1-3-7-22-16-14(20)9-13(19)10-15(16)24-18(22)21-17(23)12-6-4-5-11(2)8-12/h1,4-6,8-10H,7H2,2H3. The summed E-state index contributed by atoms with van der Waals surface area (Å²) in [6.07, 6.45) is 5.33. The van der Waals surface area contributed by atoms with Gasteiger partial charge in [-0.1, -0.05) is 35.0 Å². The molecule has 6 heteroatoms. The minimum atomic E-state index is -0.735. The summed E-state index contributed by atoms with van der Waals surface area (Å²) in [5.74, 6) is 0.519. The molecule has 0 aliphatic carbocycles. The first kappa shape index (κ1) is 16.1. The van der Waals surface area contributed by atoms with Crippen LogP contribution in [0.25, 0.3) is 10.2 Å². The molecular formula is C18H12F2N2OS. The largest absolute Gasteiger partial charge is 0.302 e. The van der Waals surface area contributed by atoms with Gasteiger partial charge in [0.05, 0.1) is 16.8 Å². The molecule has 0 aliphatic heterocycles. The van der Waals surface area contributed by atoms with Crippen LogP contribution in [-0.2, 0) is 6.54 Å². The maximum atomic E-state index is 14.1. The Morgan fingerprint density at radius 1 is 1.33 bits per heavy atom. The number of aryl methyl sites for hydroxylation is 1. The van der Waals surface area contributed by atoms with E-state index in [-0.39, 0.29) is 16.9 Å². The first-order valence-electron chi connectivity index (χ1n) is 7.07. The topological polar surface area (TPSA) is 34.4 Å². The Morgan fingerprint density at radius 2 is 2.12 bits per heavy atom. The summed E-state index contributed by atoms with van der Waals surface area (Å²) in [5.41, 5.74) is 1.50. The fourth-order valence-electron chi connectivity index (χ4n) is 2.38. The Hall–Kier alpha value is -2.78. The van der Waals surface area contributed by atoms with Crippen LogP contribution in [0.2, 0.25) is 0 Å². The van der Waals surface area contributed by atoms with Crippen molar-refractivity contribution in [3.05, 3.63) is 64.0 Å². The van der Waals surface area contributed by atoms with Gasteiger partial charge in [-0.05, 0) is 25.1 Å². The Kier molecular flexibility index (Phi) is 4.28. The van der Waals surface area contributed by atoms with Crippen LogP contribution in [0, 0.1) is 30.9 Å². The number of rotatable bonds is 2. The van der Waals surface area contributed by atoms with Crippen LogP contribution in [0.4, 0.5) is 8.78 Å². The highest BCUT2D eigenvalue weighted by molar-refractivity contribution is 7.16. The molecule has 0 fully saturated rings. The molecule has 1 aromatic heterocycles. The third-order valence-electron chi connectivity index (χ3n) is 3.41. The number of carbonyl (C=O) groups is 1. The van der Waals surface area contributed by atoms with Gasteiger partial charge in [0, 0.05) is 11.6 Å². The zero-order chi connectivity index (χ0) is 17.3. The van der Waals surface area contributed by atoms with Crippen LogP contribution in [0.3, 0.4) is 0 Å². The third-order valence-corrected chi connectivity index (χ3v) is 4.43. The van der Waals surface area contributed by atoms with E-state index in [9.17, 15) is 13.6 Å². The Labute approximate surface area is 140 Å². The fraction of sp³-hybridized carbons (Fsp3) is 0.111. The van der Waals surface area contributed by atoms with Gasteiger partial charge >= 0.3 is 0 Å². The third kappa shape index (κ3) is 2.99. The summed E-state index contributed by atoms with van der Waals surface area (Å²) in [6.45, 7) is 1.90. The molecule has 24 heavy (non-hydrogen) atoms. The molecule has 0 saturated heterocycles. The number of aromatic nitrogens is 1. The number of fused-ring (bicyclic) bond motifs is 1. The molecule has 1 heterocycles. The number of amides is 1. The molecular weight excluding hydrogens is 330 g/mol. The van der Waals surface area contributed by atoms with Crippen molar-refractivity contribution in [1.82, 2.24) is 4.57 Å². The lowest BCUT2D eigenvalue weighted by molar-refractivity contribution is 0.0998. The van der Waals surface area contributed by atoms with Gasteiger partial charge in [-0.3, -0.25) is 4.79 Å². The first-order valence-corrected chi connectivity index (χ1v) is 7.89. The number of halogens is 2. The lowest BCUT2D eigenvalue weighted by Crippen LogP contribution is -2.17. The average molecular weight is 342 g/mol. The smallest absolute Gasteiger partial charge is 0.279 e. The monoisotopic (exact) mass is 342 g/mol. The molecule has 0 radical (unpaired) electrons. The molecule has 120 valence electrons. The Balaban J connectivity index is 2.22. The van der Waals surface area contributed by atoms with Crippen LogP contribution in [0.15, 0.2) is 41.4 Å². The van der Waals surface area contributed by atoms with Crippen molar-refractivity contribution in [2.75, 3.05) is 0 Å². The fourth-order valence-corrected chi connectivity index (χ4v) is 3.45. The number of carbonyl (C=O) groups excluding carboxylic acids is 1. The van der Waals surface area contributed by atoms with Crippen molar-refractivity contribution in [1.29, 1.82) is 0 Å². The number of hydrogen-bond donors (Lipinski definition) is 0. The highest BCUT2D eigenvalue weighted by Crippen LogP contribution is 2.22. The summed E-state index contributed by atoms with van der Waals surface area (Å²) in [5, 5.41) is 0. The number of thiazole rings is 1. The minimum absolute atomic E-state index is 0.0302. The zero-order valence-corrected chi connectivity index (χ0v) is 13.5. The minimum Gasteiger partial charge on any atom is -0.302 e. The predicted octanol–water partition coefficient (Wildman–Crippen LogP) is 3.66. The van der Waals surface area contributed by atoms with Gasteiger partial charge < -0.3 is 4.57 Å². The maximum absolute atomic E-state index is 14.1. The Morgan fingerprint density at radius 3 is 2.83 bits per heavy atom. The molecule has 3 aromatic rings. The van der Waals surface area contributed by atoms with Crippen molar-refractivity contribution in [3.63, 3.8) is 0 Å². The quantitative estimate of drug-likeness (QED) is 0.655. The van der Waals surface area contributed by atoms with E-state index in [1.807, 2.05) is 13.0 Å². The van der Waals surface area contributed by atoms with Crippen molar-refractivity contribution < 1.29 is 13.6 Å². The van der Waals surface area contributed by atoms with Gasteiger partial charge in [-0.15, -0.1) is 6.42 Å². The highest BCUT2D eigenvalue weighted by atomic mass is 32.1. The summed E-state index contributed by atoms with van der Waals surface area (Å²) in [7, 11) is 0. The number of hydrogen-bond acceptors (Lipinski definition) is 2. The SMILES string of the molecule is C#CCn1c(=NC(=O)c2cccc(C)c2)sc2cc(F)cc(F)c21. The summed E-state index contributed by atoms with van der Waals surface area (Å²) in [6, 6.07) is 8.98. The molecule has 3 rings (SSSR count). The predicted molar refractivity (Wildman–Crippen MR) is 89.6 cm³/mol. The summed E-state index contributed by atoms with van der Waals surface area (Å²) >= 11 is 1.02. The molecule has 2 aromatic carbocycles. The Bertz CT molecular complexity index is 1060. The normalized spacial score (nSPS) is 11.7. The van der Waals surface area contributed by atoms with Crippen LogP contribution < -0.4 is 4.80 Å². The van der Waals surface area contributed by atoms with Gasteiger partial charge in [-0.2, -0.15) is 4.99 Å². The van der Waals surface area contributed by atoms with Gasteiger partial charge in [0.2, 0.25) is 0 Å². The van der Waals surface area contributed by atoms with E-state index in [0.717, 1.165) is 23.0 Å². The number of benzene rings is 2. The number of terminal acetylenes is 1. The second-order valence-corrected chi connectivity index (χ2v) is 6.20. The van der Waals surface area contributed by atoms with Crippen molar-refractivity contribution in [2.24, 2.45) is 4.99 Å². The molecule has 0 saturated carbocycles. The second-order valence-electron chi connectivity index (χ2n) is 5.20. The summed E-state index contributed by atoms with van der Waals surface area (Å²) < 4.78 is 29.3. The van der Waals surface area contributed by atoms with Crippen LogP contribution in [-0.4, -0.2) is 10.5 Å². The van der Waals surface area contributed by atoms with E-state index >= 15 is 0 Å². The second kappa shape index (κ2) is 6.38. The van der Waals surface area contributed by atoms with Gasteiger partial charge in [0.25, 0.3) is 5.91 Å². The van der Waals surface area contributed by atoms with Crippen molar-refractivity contribution in [3.8, 4) is 12.3 Å². The highest BCUT2D eigenvalue weighted by Gasteiger charge is 2.14. The van der Waals surface area contributed by atoms with E-state index in [0.29, 0.717) is 10.3 Å². The molecule has 0 atom stereocenters. The maximum Gasteiger partial charge on any atom is 0.279 e. The molecule has 3 nitrogen and oxygen atoms in total. The van der Waals surface area contributed by atoms with Gasteiger partial charge in [0.15, 0.2) is 10.6 Å². The van der Waals surface area contributed by atoms with Crippen LogP contribution in [0.1, 0.15) is 15.9 Å². The van der Waals surface area contributed by atoms with E-state index in [1.165, 1.54) is 10.6 Å². The molecule has 0 aliphatic rings. The van der Waals surface area contributed by atoms with Crippen LogP contribution in [0.5, 0.6) is 0 Å². The van der Waals surface area contributed by atoms with E-state index in [1.54, 1.807) is 18.2 Å². The van der Waals surface area contributed by atoms with E-state index in [2.05, 4.69) is 10.9 Å². The van der Waals surface area contributed by atoms with E-state index < -0.39 is 17.5 Å². The lowest BCUT2D eigenvalue weighted by atomic mass is 10.1. The molecule has 0 N–H and O–H groups in total. The van der Waals surface area contributed by atoms with E-state index in [4.69, 9.17) is 6.42 Å². The zero-order valence-electron chi connectivity index (χ0n) is 12.7. The van der Waals surface area contributed by atoms with Gasteiger partial charge in [-0.25, -0.2) is 8.78 Å². The van der Waals surface area contributed by atoms with Crippen LogP contribution >= 0.6 is 11.3 Å². The number of nitrogens with zero attached hydrogens (tertiary/aromatic N) is 2.